The van der Waals surface area contributed by atoms with Crippen LogP contribution in [0.1, 0.15) is 6.42 Å². The highest BCUT2D eigenvalue weighted by molar-refractivity contribution is 7.86. The summed E-state index contributed by atoms with van der Waals surface area (Å²) in [6.45, 7) is 0.419. The molecular formula is C4H12NO4S+. The van der Waals surface area contributed by atoms with Gasteiger partial charge in [0.15, 0.2) is 0 Å². The van der Waals surface area contributed by atoms with Gasteiger partial charge in [-0.3, -0.25) is 0 Å². The van der Waals surface area contributed by atoms with Crippen molar-refractivity contribution in [3.8, 4) is 0 Å². The summed E-state index contributed by atoms with van der Waals surface area (Å²) in [5.74, 6) is 2.77. The van der Waals surface area contributed by atoms with Gasteiger partial charge in [-0.15, -0.1) is 0 Å². The Morgan fingerprint density at radius 1 is 1.50 bits per heavy atom. The van der Waals surface area contributed by atoms with Gasteiger partial charge in [-0.25, -0.2) is 0 Å². The number of hydrogen-bond acceptors (Lipinski definition) is 4. The molecule has 6 heteroatoms. The first kappa shape index (κ1) is 9.83. The van der Waals surface area contributed by atoms with E-state index in [0.29, 0.717) is 13.0 Å². The van der Waals surface area contributed by atoms with Crippen LogP contribution in [0.25, 0.3) is 0 Å². The van der Waals surface area contributed by atoms with Crippen LogP contribution in [-0.2, 0) is 19.1 Å². The van der Waals surface area contributed by atoms with Gasteiger partial charge in [-0.05, 0) is 6.42 Å². The molecule has 0 aliphatic carbocycles. The minimum Gasteiger partial charge on any atom is -0.385 e. The van der Waals surface area contributed by atoms with E-state index in [2.05, 4.69) is 14.9 Å². The van der Waals surface area contributed by atoms with E-state index in [4.69, 9.17) is 0 Å². The van der Waals surface area contributed by atoms with E-state index in [0.717, 1.165) is 0 Å². The van der Waals surface area contributed by atoms with E-state index >= 15 is 0 Å². The summed E-state index contributed by atoms with van der Waals surface area (Å²) in [5, 5.41) is 0. The lowest BCUT2D eigenvalue weighted by Crippen LogP contribution is -2.51. The lowest BCUT2D eigenvalue weighted by Gasteiger charge is -1.96. The number of hydrogen-bond donors (Lipinski definition) is 1. The topological polar surface area (TPSA) is 80.2 Å². The zero-order valence-corrected chi connectivity index (χ0v) is 6.69. The van der Waals surface area contributed by atoms with E-state index in [-0.39, 0.29) is 5.75 Å². The summed E-state index contributed by atoms with van der Waals surface area (Å²) < 4.78 is 29.7. The van der Waals surface area contributed by atoms with Crippen molar-refractivity contribution in [1.82, 2.24) is 0 Å². The van der Waals surface area contributed by atoms with Crippen LogP contribution in [0, 0.1) is 0 Å². The maximum absolute atomic E-state index is 10.5. The minimum absolute atomic E-state index is 0.0374. The average Bonchev–Trinajstić information content (AvgIpc) is 1.89. The van der Waals surface area contributed by atoms with Crippen LogP contribution in [0.3, 0.4) is 0 Å². The molecule has 0 aliphatic heterocycles. The minimum atomic E-state index is -3.38. The van der Waals surface area contributed by atoms with Gasteiger partial charge in [0.1, 0.15) is 0 Å². The van der Waals surface area contributed by atoms with Gasteiger partial charge in [-0.1, -0.05) is 4.28 Å². The largest absolute Gasteiger partial charge is 0.385 e. The summed E-state index contributed by atoms with van der Waals surface area (Å²) >= 11 is 0. The van der Waals surface area contributed by atoms with Gasteiger partial charge in [0, 0.05) is 13.7 Å². The van der Waals surface area contributed by atoms with E-state index in [9.17, 15) is 8.42 Å². The smallest absolute Gasteiger partial charge is 0.313 e. The van der Waals surface area contributed by atoms with Gasteiger partial charge in [0.25, 0.3) is 0 Å². The maximum atomic E-state index is 10.5. The highest BCUT2D eigenvalue weighted by Crippen LogP contribution is 1.90. The third-order valence-electron chi connectivity index (χ3n) is 0.922. The molecule has 0 radical (unpaired) electrons. The lowest BCUT2D eigenvalue weighted by molar-refractivity contribution is -0.634. The fraction of sp³-hybridized carbons (Fsp3) is 1.00. The molecule has 0 heterocycles. The molecule has 0 bridgehead atoms. The molecule has 0 aromatic carbocycles. The van der Waals surface area contributed by atoms with Gasteiger partial charge >= 0.3 is 10.1 Å². The van der Waals surface area contributed by atoms with Crippen LogP contribution in [0.15, 0.2) is 0 Å². The quantitative estimate of drug-likeness (QED) is 0.403. The Kier molecular flexibility index (Phi) is 4.54. The normalized spacial score (nSPS) is 11.8. The molecule has 0 atom stereocenters. The molecule has 10 heavy (non-hydrogen) atoms. The lowest BCUT2D eigenvalue weighted by atomic mass is 10.5. The standard InChI is InChI=1S/C4H12NO4S/c1-8-3-2-4-10(6,7)9-5/h2-4H2,1,5H3/q+1. The maximum Gasteiger partial charge on any atom is 0.313 e. The molecule has 0 saturated carbocycles. The summed E-state index contributed by atoms with van der Waals surface area (Å²) in [5.41, 5.74) is 0. The third kappa shape index (κ3) is 4.68. The number of ether oxygens (including phenoxy) is 1. The molecule has 0 amide bonds. The third-order valence-corrected chi connectivity index (χ3v) is 2.07. The first-order valence-corrected chi connectivity index (χ1v) is 4.35. The number of quaternary nitrogens is 1. The number of rotatable bonds is 5. The zero-order chi connectivity index (χ0) is 8.04. The number of methoxy groups -OCH3 is 1. The molecule has 0 spiro atoms. The Labute approximate surface area is 60.2 Å². The van der Waals surface area contributed by atoms with Crippen LogP contribution < -0.4 is 5.90 Å². The van der Waals surface area contributed by atoms with Crippen molar-refractivity contribution in [3.05, 3.63) is 0 Å². The zero-order valence-electron chi connectivity index (χ0n) is 5.87. The Hall–Kier alpha value is -0.170. The van der Waals surface area contributed by atoms with Crippen LogP contribution in [0.2, 0.25) is 0 Å². The fourth-order valence-corrected chi connectivity index (χ4v) is 1.03. The van der Waals surface area contributed by atoms with Gasteiger partial charge in [0.2, 0.25) is 0 Å². The van der Waals surface area contributed by atoms with Crippen LogP contribution in [0.4, 0.5) is 0 Å². The Balaban J connectivity index is 3.49. The molecule has 0 aromatic heterocycles. The molecule has 0 saturated heterocycles. The monoisotopic (exact) mass is 170 g/mol. The fourth-order valence-electron chi connectivity index (χ4n) is 0.439. The van der Waals surface area contributed by atoms with Gasteiger partial charge in [-0.2, -0.15) is 14.3 Å². The van der Waals surface area contributed by atoms with Crippen LogP contribution >= 0.6 is 0 Å². The highest BCUT2D eigenvalue weighted by atomic mass is 32.2. The van der Waals surface area contributed by atoms with Gasteiger partial charge < -0.3 is 4.74 Å². The van der Waals surface area contributed by atoms with Crippen LogP contribution in [-0.4, -0.2) is 27.9 Å². The highest BCUT2D eigenvalue weighted by Gasteiger charge is 2.09. The first-order chi connectivity index (χ1) is 4.62. The van der Waals surface area contributed by atoms with Crippen molar-refractivity contribution < 1.29 is 23.3 Å². The molecule has 5 nitrogen and oxygen atoms in total. The Morgan fingerprint density at radius 3 is 2.50 bits per heavy atom. The van der Waals surface area contributed by atoms with E-state index in [1.54, 1.807) is 0 Å². The second-order valence-corrected chi connectivity index (χ2v) is 3.49. The van der Waals surface area contributed by atoms with Crippen molar-refractivity contribution >= 4 is 10.1 Å². The summed E-state index contributed by atoms with van der Waals surface area (Å²) in [6.07, 6.45) is 0.439. The van der Waals surface area contributed by atoms with E-state index < -0.39 is 10.1 Å². The molecular weight excluding hydrogens is 158 g/mol. The second-order valence-electron chi connectivity index (χ2n) is 1.73. The summed E-state index contributed by atoms with van der Waals surface area (Å²) in [6, 6.07) is 0. The molecule has 0 fully saturated rings. The van der Waals surface area contributed by atoms with Gasteiger partial charge in [0.05, 0.1) is 5.75 Å². The van der Waals surface area contributed by atoms with E-state index in [1.807, 2.05) is 0 Å². The predicted molar refractivity (Wildman–Crippen MR) is 34.3 cm³/mol. The molecule has 0 aliphatic rings. The van der Waals surface area contributed by atoms with Crippen LogP contribution in [0.5, 0.6) is 0 Å². The van der Waals surface area contributed by atoms with Crippen molar-refractivity contribution in [2.45, 2.75) is 6.42 Å². The molecule has 3 N–H and O–H groups in total. The predicted octanol–water partition coefficient (Wildman–Crippen LogP) is -1.47. The molecule has 62 valence electrons. The average molecular weight is 170 g/mol. The van der Waals surface area contributed by atoms with Crippen molar-refractivity contribution in [3.63, 3.8) is 0 Å². The molecule has 0 unspecified atom stereocenters. The Bertz CT molecular complexity index is 164. The van der Waals surface area contributed by atoms with Crippen molar-refractivity contribution in [2.24, 2.45) is 0 Å². The summed E-state index contributed by atoms with van der Waals surface area (Å²) in [7, 11) is -1.87. The molecule has 0 aromatic rings. The summed E-state index contributed by atoms with van der Waals surface area (Å²) in [4.78, 5) is 0. The first-order valence-electron chi connectivity index (χ1n) is 2.77. The van der Waals surface area contributed by atoms with Crippen molar-refractivity contribution in [2.75, 3.05) is 19.5 Å². The molecule has 0 rings (SSSR count). The van der Waals surface area contributed by atoms with E-state index in [1.165, 1.54) is 7.11 Å². The Morgan fingerprint density at radius 2 is 2.10 bits per heavy atom. The van der Waals surface area contributed by atoms with Crippen molar-refractivity contribution in [1.29, 1.82) is 0 Å². The second kappa shape index (κ2) is 4.62. The SMILES string of the molecule is COCCCS(=O)(=O)O[NH3+].